The number of rotatable bonds is 3. The Morgan fingerprint density at radius 1 is 1.15 bits per heavy atom. The van der Waals surface area contributed by atoms with Gasteiger partial charge in [0.2, 0.25) is 0 Å². The maximum absolute atomic E-state index is 13.0. The topological polar surface area (TPSA) is 36.4 Å². The molecule has 1 amide bonds. The second-order valence-electron chi connectivity index (χ2n) is 7.15. The van der Waals surface area contributed by atoms with Crippen molar-refractivity contribution in [3.05, 3.63) is 68.8 Å². The minimum atomic E-state index is -0.0434. The number of hydrogen-bond acceptors (Lipinski definition) is 5. The third-order valence-corrected chi connectivity index (χ3v) is 6.89. The number of hydrogen-bond donors (Lipinski definition) is 0. The molecule has 0 saturated carbocycles. The van der Waals surface area contributed by atoms with Gasteiger partial charge in [-0.25, -0.2) is 0 Å². The number of likely N-dealkylation sites (tertiary alicyclic amines) is 1. The smallest absolute Gasteiger partial charge is 0.259 e. The van der Waals surface area contributed by atoms with Crippen molar-refractivity contribution in [2.45, 2.75) is 18.4 Å². The number of aromatic nitrogens is 1. The van der Waals surface area contributed by atoms with Crippen molar-refractivity contribution in [2.24, 2.45) is 0 Å². The first-order valence-electron chi connectivity index (χ1n) is 8.78. The number of anilines is 1. The molecule has 6 heteroatoms. The lowest BCUT2D eigenvalue weighted by molar-refractivity contribution is 0.0985. The minimum Gasteiger partial charge on any atom is -0.305 e. The summed E-state index contributed by atoms with van der Waals surface area (Å²) < 4.78 is 0. The molecule has 0 bridgehead atoms. The molecule has 0 N–H and O–H groups in total. The molecular formula is C20H19N3OS2. The Balaban J connectivity index is 1.44. The second kappa shape index (κ2) is 6.30. The van der Waals surface area contributed by atoms with Crippen molar-refractivity contribution in [3.63, 3.8) is 0 Å². The zero-order chi connectivity index (χ0) is 17.6. The van der Waals surface area contributed by atoms with Gasteiger partial charge in [0.25, 0.3) is 5.91 Å². The van der Waals surface area contributed by atoms with Crippen LogP contribution in [0.5, 0.6) is 0 Å². The molecule has 0 radical (unpaired) electrons. The molecule has 3 aromatic rings. The average molecular weight is 382 g/mol. The van der Waals surface area contributed by atoms with E-state index in [1.165, 1.54) is 5.56 Å². The first-order valence-corrected chi connectivity index (χ1v) is 10.7. The molecule has 5 heterocycles. The third-order valence-electron chi connectivity index (χ3n) is 5.47. The second-order valence-corrected chi connectivity index (χ2v) is 8.71. The van der Waals surface area contributed by atoms with Crippen LogP contribution >= 0.6 is 22.7 Å². The first-order chi connectivity index (χ1) is 12.8. The number of pyridine rings is 1. The van der Waals surface area contributed by atoms with Gasteiger partial charge in [-0.05, 0) is 58.9 Å². The van der Waals surface area contributed by atoms with Gasteiger partial charge in [-0.2, -0.15) is 22.7 Å². The van der Waals surface area contributed by atoms with E-state index in [1.54, 1.807) is 22.7 Å². The fraction of sp³-hybridized carbons (Fsp3) is 0.300. The van der Waals surface area contributed by atoms with E-state index in [2.05, 4.69) is 21.7 Å². The SMILES string of the molecule is O=C(c1ccsc1)N1C[C@]2(CCN(Cc3ccsc3)C2)c2ncccc21. The first kappa shape index (κ1) is 16.2. The summed E-state index contributed by atoms with van der Waals surface area (Å²) in [7, 11) is 0. The fourth-order valence-corrected chi connectivity index (χ4v) is 5.56. The van der Waals surface area contributed by atoms with Gasteiger partial charge in [0.15, 0.2) is 0 Å². The number of carbonyl (C=O) groups is 1. The summed E-state index contributed by atoms with van der Waals surface area (Å²) in [6.45, 7) is 3.71. The molecule has 3 aromatic heterocycles. The molecule has 1 spiro atoms. The van der Waals surface area contributed by atoms with Gasteiger partial charge in [0, 0.05) is 36.6 Å². The molecule has 26 heavy (non-hydrogen) atoms. The molecule has 2 aliphatic rings. The fourth-order valence-electron chi connectivity index (χ4n) is 4.27. The average Bonchev–Trinajstić information content (AvgIpc) is 3.44. The molecule has 132 valence electrons. The summed E-state index contributed by atoms with van der Waals surface area (Å²) in [5.41, 5.74) is 4.18. The highest BCUT2D eigenvalue weighted by molar-refractivity contribution is 7.08. The zero-order valence-corrected chi connectivity index (χ0v) is 15.9. The van der Waals surface area contributed by atoms with Crippen LogP contribution in [0.3, 0.4) is 0 Å². The van der Waals surface area contributed by atoms with E-state index >= 15 is 0 Å². The summed E-state index contributed by atoms with van der Waals surface area (Å²) in [6.07, 6.45) is 2.91. The predicted molar refractivity (Wildman–Crippen MR) is 106 cm³/mol. The van der Waals surface area contributed by atoms with Crippen LogP contribution in [0.15, 0.2) is 52.0 Å². The van der Waals surface area contributed by atoms with Crippen LogP contribution in [0.25, 0.3) is 0 Å². The predicted octanol–water partition coefficient (Wildman–Crippen LogP) is 4.01. The highest BCUT2D eigenvalue weighted by Gasteiger charge is 2.49. The quantitative estimate of drug-likeness (QED) is 0.688. The Hall–Kier alpha value is -2.02. The Morgan fingerprint density at radius 2 is 2.04 bits per heavy atom. The van der Waals surface area contributed by atoms with Crippen LogP contribution in [0.2, 0.25) is 0 Å². The lowest BCUT2D eigenvalue weighted by Gasteiger charge is -2.25. The standard InChI is InChI=1S/C20H19N3OS2/c24-19(16-4-9-26-12-16)23-14-20(18-17(23)2-1-6-21-18)5-7-22(13-20)10-15-3-8-25-11-15/h1-4,6,8-9,11-12H,5,7,10,13-14H2/t20-/m1/s1. The Labute approximate surface area is 160 Å². The van der Waals surface area contributed by atoms with E-state index in [1.807, 2.05) is 40.1 Å². The van der Waals surface area contributed by atoms with E-state index < -0.39 is 0 Å². The lowest BCUT2D eigenvalue weighted by atomic mass is 9.85. The molecule has 2 aliphatic heterocycles. The van der Waals surface area contributed by atoms with Crippen molar-refractivity contribution in [2.75, 3.05) is 24.5 Å². The Morgan fingerprint density at radius 3 is 2.85 bits per heavy atom. The van der Waals surface area contributed by atoms with Crippen molar-refractivity contribution < 1.29 is 4.79 Å². The summed E-state index contributed by atoms with van der Waals surface area (Å²) in [6, 6.07) is 8.08. The summed E-state index contributed by atoms with van der Waals surface area (Å²) in [5, 5.41) is 8.25. The van der Waals surface area contributed by atoms with Gasteiger partial charge in [-0.3, -0.25) is 14.7 Å². The molecular weight excluding hydrogens is 362 g/mol. The maximum atomic E-state index is 13.0. The highest BCUT2D eigenvalue weighted by atomic mass is 32.1. The minimum absolute atomic E-state index is 0.0434. The Kier molecular flexibility index (Phi) is 3.92. The summed E-state index contributed by atoms with van der Waals surface area (Å²) in [5.74, 6) is 0.0914. The molecule has 0 aliphatic carbocycles. The number of thiophene rings is 2. The largest absolute Gasteiger partial charge is 0.305 e. The lowest BCUT2D eigenvalue weighted by Crippen LogP contribution is -2.39. The summed E-state index contributed by atoms with van der Waals surface area (Å²) in [4.78, 5) is 22.2. The van der Waals surface area contributed by atoms with Crippen LogP contribution in [0.4, 0.5) is 5.69 Å². The molecule has 4 nitrogen and oxygen atoms in total. The van der Waals surface area contributed by atoms with Crippen LogP contribution in [-0.4, -0.2) is 35.4 Å². The third kappa shape index (κ3) is 2.60. The summed E-state index contributed by atoms with van der Waals surface area (Å²) >= 11 is 3.31. The van der Waals surface area contributed by atoms with Crippen LogP contribution in [-0.2, 0) is 12.0 Å². The normalized spacial score (nSPS) is 22.2. The van der Waals surface area contributed by atoms with Crippen LogP contribution in [0, 0.1) is 0 Å². The highest BCUT2D eigenvalue weighted by Crippen LogP contribution is 2.45. The maximum Gasteiger partial charge on any atom is 0.259 e. The van der Waals surface area contributed by atoms with Gasteiger partial charge in [0.05, 0.1) is 16.9 Å². The molecule has 5 rings (SSSR count). The van der Waals surface area contributed by atoms with E-state index in [-0.39, 0.29) is 11.3 Å². The van der Waals surface area contributed by atoms with E-state index in [4.69, 9.17) is 4.98 Å². The molecule has 0 unspecified atom stereocenters. The van der Waals surface area contributed by atoms with Gasteiger partial charge >= 0.3 is 0 Å². The van der Waals surface area contributed by atoms with Crippen molar-refractivity contribution in [3.8, 4) is 0 Å². The van der Waals surface area contributed by atoms with E-state index in [9.17, 15) is 4.79 Å². The molecule has 1 saturated heterocycles. The zero-order valence-electron chi connectivity index (χ0n) is 14.3. The number of nitrogens with zero attached hydrogens (tertiary/aromatic N) is 3. The number of carbonyl (C=O) groups excluding carboxylic acids is 1. The molecule has 0 aromatic carbocycles. The monoisotopic (exact) mass is 381 g/mol. The van der Waals surface area contributed by atoms with Gasteiger partial charge in [-0.1, -0.05) is 0 Å². The van der Waals surface area contributed by atoms with Gasteiger partial charge in [0.1, 0.15) is 0 Å². The van der Waals surface area contributed by atoms with E-state index in [0.717, 1.165) is 49.5 Å². The van der Waals surface area contributed by atoms with Crippen molar-refractivity contribution >= 4 is 34.3 Å². The Bertz CT molecular complexity index is 922. The van der Waals surface area contributed by atoms with E-state index in [0.29, 0.717) is 0 Å². The number of amides is 1. The number of fused-ring (bicyclic) bond motifs is 2. The van der Waals surface area contributed by atoms with Crippen LogP contribution in [0.1, 0.15) is 28.0 Å². The van der Waals surface area contributed by atoms with Gasteiger partial charge < -0.3 is 4.90 Å². The molecule has 1 atom stereocenters. The van der Waals surface area contributed by atoms with Crippen molar-refractivity contribution in [1.82, 2.24) is 9.88 Å². The van der Waals surface area contributed by atoms with Gasteiger partial charge in [-0.15, -0.1) is 0 Å². The van der Waals surface area contributed by atoms with Crippen LogP contribution < -0.4 is 4.90 Å². The molecule has 1 fully saturated rings. The van der Waals surface area contributed by atoms with Crippen molar-refractivity contribution in [1.29, 1.82) is 0 Å².